The van der Waals surface area contributed by atoms with Crippen molar-refractivity contribution in [3.63, 3.8) is 0 Å². The Kier molecular flexibility index (Phi) is 6.60. The number of ether oxygens (including phenoxy) is 1. The number of fused-ring (bicyclic) bond motifs is 5. The van der Waals surface area contributed by atoms with Gasteiger partial charge >= 0.3 is 6.01 Å². The molecule has 2 aromatic carbocycles. The van der Waals surface area contributed by atoms with Gasteiger partial charge in [0.25, 0.3) is 0 Å². The lowest BCUT2D eigenvalue weighted by Gasteiger charge is -2.36. The molecule has 4 atom stereocenters. The molecule has 0 aliphatic carbocycles. The fourth-order valence-electron chi connectivity index (χ4n) is 8.26. The van der Waals surface area contributed by atoms with Gasteiger partial charge in [-0.2, -0.15) is 9.97 Å². The average molecular weight is 605 g/mol. The normalized spacial score (nSPS) is 28.2. The quantitative estimate of drug-likeness (QED) is 0.298. The van der Waals surface area contributed by atoms with Crippen molar-refractivity contribution in [1.82, 2.24) is 25.2 Å². The highest BCUT2D eigenvalue weighted by atomic mass is 19.1. The van der Waals surface area contributed by atoms with Crippen molar-refractivity contribution in [2.75, 3.05) is 31.6 Å². The summed E-state index contributed by atoms with van der Waals surface area (Å²) >= 11 is 0. The third-order valence-corrected chi connectivity index (χ3v) is 10.4. The zero-order valence-electron chi connectivity index (χ0n) is 24.6. The second-order valence-corrected chi connectivity index (χ2v) is 13.1. The van der Waals surface area contributed by atoms with E-state index >= 15 is 8.78 Å². The molecule has 0 radical (unpaired) electrons. The molecule has 6 heterocycles. The monoisotopic (exact) mass is 604 g/mol. The predicted octanol–water partition coefficient (Wildman–Crippen LogP) is 5.50. The minimum absolute atomic E-state index is 0.00200. The van der Waals surface area contributed by atoms with E-state index in [1.807, 2.05) is 7.05 Å². The van der Waals surface area contributed by atoms with Crippen molar-refractivity contribution in [2.45, 2.75) is 74.8 Å². The summed E-state index contributed by atoms with van der Waals surface area (Å²) < 4.78 is 52.4. The third-order valence-electron chi connectivity index (χ3n) is 10.4. The molecule has 44 heavy (non-hydrogen) atoms. The Hall–Kier alpha value is -3.70. The van der Waals surface area contributed by atoms with Gasteiger partial charge in [0.1, 0.15) is 41.4 Å². The van der Waals surface area contributed by atoms with Crippen LogP contribution in [0.5, 0.6) is 11.8 Å². The van der Waals surface area contributed by atoms with Crippen LogP contribution in [0, 0.1) is 11.6 Å². The van der Waals surface area contributed by atoms with Gasteiger partial charge in [-0.3, -0.25) is 9.88 Å². The van der Waals surface area contributed by atoms with Gasteiger partial charge in [0.15, 0.2) is 5.82 Å². The largest absolute Gasteiger partial charge is 0.508 e. The van der Waals surface area contributed by atoms with E-state index in [-0.39, 0.29) is 46.6 Å². The van der Waals surface area contributed by atoms with Crippen LogP contribution in [0.15, 0.2) is 36.5 Å². The Morgan fingerprint density at radius 3 is 2.80 bits per heavy atom. The first-order valence-electron chi connectivity index (χ1n) is 15.6. The summed E-state index contributed by atoms with van der Waals surface area (Å²) in [5.74, 6) is -0.920. The van der Waals surface area contributed by atoms with Gasteiger partial charge in [0.05, 0.1) is 10.9 Å². The number of hydrogen-bond donors (Lipinski definition) is 2. The molecule has 0 spiro atoms. The number of pyridine rings is 1. The molecule has 2 N–H and O–H groups in total. The number of rotatable bonds is 6. The second kappa shape index (κ2) is 10.4. The van der Waals surface area contributed by atoms with Crippen LogP contribution in [0.3, 0.4) is 0 Å². The van der Waals surface area contributed by atoms with Crippen molar-refractivity contribution in [3.05, 3.63) is 48.2 Å². The minimum atomic E-state index is -0.906. The van der Waals surface area contributed by atoms with Crippen LogP contribution in [-0.2, 0) is 0 Å². The number of benzene rings is 2. The zero-order chi connectivity index (χ0) is 30.2. The first-order valence-corrected chi connectivity index (χ1v) is 15.6. The Bertz CT molecular complexity index is 1760. The number of piperidine rings is 1. The van der Waals surface area contributed by atoms with Crippen molar-refractivity contribution in [2.24, 2.45) is 0 Å². The highest BCUT2D eigenvalue weighted by Gasteiger charge is 2.49. The molecule has 0 amide bonds. The summed E-state index contributed by atoms with van der Waals surface area (Å²) in [5, 5.41) is 15.1. The highest BCUT2D eigenvalue weighted by Crippen LogP contribution is 2.42. The van der Waals surface area contributed by atoms with E-state index in [4.69, 9.17) is 9.72 Å². The molecule has 230 valence electrons. The van der Waals surface area contributed by atoms with Crippen LogP contribution in [0.1, 0.15) is 44.9 Å². The first-order chi connectivity index (χ1) is 21.3. The van der Waals surface area contributed by atoms with Gasteiger partial charge in [-0.05, 0) is 68.7 Å². The van der Waals surface area contributed by atoms with Gasteiger partial charge in [0, 0.05) is 55.3 Å². The summed E-state index contributed by atoms with van der Waals surface area (Å²) in [6, 6.07) is 8.31. The molecule has 2 bridgehead atoms. The third kappa shape index (κ3) is 4.54. The molecule has 8 rings (SSSR count). The number of phenolic OH excluding ortho intramolecular Hbond substituents is 1. The topological polar surface area (TPSA) is 86.6 Å². The van der Waals surface area contributed by atoms with Crippen LogP contribution in [0.25, 0.3) is 32.9 Å². The van der Waals surface area contributed by atoms with E-state index in [1.165, 1.54) is 30.5 Å². The van der Waals surface area contributed by atoms with Gasteiger partial charge in [0.2, 0.25) is 0 Å². The maximum atomic E-state index is 16.7. The maximum absolute atomic E-state index is 16.7. The number of nitrogens with one attached hydrogen (secondary N) is 1. The number of hydrogen-bond acceptors (Lipinski definition) is 8. The molecule has 0 saturated carbocycles. The summed E-state index contributed by atoms with van der Waals surface area (Å²) in [4.78, 5) is 18.1. The molecule has 11 heteroatoms. The summed E-state index contributed by atoms with van der Waals surface area (Å²) in [7, 11) is 1.97. The van der Waals surface area contributed by atoms with Gasteiger partial charge in [-0.1, -0.05) is 12.1 Å². The number of aromatic nitrogens is 3. The highest BCUT2D eigenvalue weighted by molar-refractivity contribution is 6.00. The van der Waals surface area contributed by atoms with E-state index in [0.29, 0.717) is 41.6 Å². The second-order valence-electron chi connectivity index (χ2n) is 13.1. The minimum Gasteiger partial charge on any atom is -0.508 e. The van der Waals surface area contributed by atoms with Crippen molar-refractivity contribution in [3.8, 4) is 23.0 Å². The number of nitrogens with zero attached hydrogens (tertiary/aromatic N) is 5. The lowest BCUT2D eigenvalue weighted by atomic mass is 9.95. The van der Waals surface area contributed by atoms with Gasteiger partial charge in [-0.15, -0.1) is 0 Å². The standard InChI is InChI=1S/C33H35F3N6O2/c1-41(22-11-20-6-7-21(12-22)38-20)31-25-15-37-29(24-13-23(43)10-18-4-2-5-26(35)27(18)24)28(36)30(25)39-32(40-31)44-17-33-8-3-9-42(33)16-19(34)14-33/h2,4-5,10,13,15,19-22,38,43H,3,6-9,11-12,14,16-17H2,1H3/t19-,20?,21?,22?,33+/m1/s1. The first kappa shape index (κ1) is 27.8. The van der Waals surface area contributed by atoms with Gasteiger partial charge in [-0.25, -0.2) is 13.2 Å². The fourth-order valence-corrected chi connectivity index (χ4v) is 8.26. The van der Waals surface area contributed by atoms with Crippen LogP contribution in [-0.4, -0.2) is 81.5 Å². The van der Waals surface area contributed by atoms with Crippen molar-refractivity contribution < 1.29 is 23.0 Å². The molecule has 4 aliphatic rings. The van der Waals surface area contributed by atoms with Crippen molar-refractivity contribution in [1.29, 1.82) is 0 Å². The Balaban J connectivity index is 1.24. The number of halogens is 3. The Labute approximate surface area is 253 Å². The number of phenols is 1. The molecular formula is C33H35F3N6O2. The van der Waals surface area contributed by atoms with E-state index in [9.17, 15) is 9.50 Å². The lowest BCUT2D eigenvalue weighted by Crippen LogP contribution is -2.47. The van der Waals surface area contributed by atoms with E-state index in [1.54, 1.807) is 6.07 Å². The van der Waals surface area contributed by atoms with Crippen molar-refractivity contribution >= 4 is 27.5 Å². The molecule has 2 unspecified atom stereocenters. The Morgan fingerprint density at radius 2 is 1.98 bits per heavy atom. The average Bonchev–Trinajstić information content (AvgIpc) is 3.65. The van der Waals surface area contributed by atoms with Crippen LogP contribution >= 0.6 is 0 Å². The molecule has 2 aromatic heterocycles. The van der Waals surface area contributed by atoms with E-state index < -0.39 is 23.3 Å². The van der Waals surface area contributed by atoms with E-state index in [0.717, 1.165) is 45.1 Å². The summed E-state index contributed by atoms with van der Waals surface area (Å²) in [5.41, 5.74) is -0.415. The Morgan fingerprint density at radius 1 is 1.16 bits per heavy atom. The van der Waals surface area contributed by atoms with Gasteiger partial charge < -0.3 is 20.1 Å². The zero-order valence-corrected chi connectivity index (χ0v) is 24.6. The number of aromatic hydroxyl groups is 1. The van der Waals surface area contributed by atoms with Crippen LogP contribution in [0.4, 0.5) is 19.0 Å². The predicted molar refractivity (Wildman–Crippen MR) is 162 cm³/mol. The molecule has 4 aromatic rings. The van der Waals surface area contributed by atoms with Crippen LogP contribution < -0.4 is 15.0 Å². The molecule has 8 nitrogen and oxygen atoms in total. The summed E-state index contributed by atoms with van der Waals surface area (Å²) in [6.45, 7) is 1.43. The van der Waals surface area contributed by atoms with Crippen LogP contribution in [0.2, 0.25) is 0 Å². The number of anilines is 1. The lowest BCUT2D eigenvalue weighted by molar-refractivity contribution is 0.107. The fraction of sp³-hybridized carbons (Fsp3) is 0.485. The maximum Gasteiger partial charge on any atom is 0.319 e. The SMILES string of the molecule is CN(c1nc(OC[C@@]23CCCN2C[C@H](F)C3)nc2c(F)c(-c3cc(O)cc4cccc(F)c34)ncc12)C1CC2CCC(C1)N2. The summed E-state index contributed by atoms with van der Waals surface area (Å²) in [6.07, 6.45) is 6.95. The molecular weight excluding hydrogens is 569 g/mol. The number of alkyl halides is 1. The smallest absolute Gasteiger partial charge is 0.319 e. The molecule has 4 saturated heterocycles. The molecule has 4 fully saturated rings. The van der Waals surface area contributed by atoms with E-state index in [2.05, 4.69) is 25.1 Å². The molecule has 4 aliphatic heterocycles.